The minimum atomic E-state index is -1.08. The summed E-state index contributed by atoms with van der Waals surface area (Å²) in [5, 5.41) is 5.72. The lowest BCUT2D eigenvalue weighted by Crippen LogP contribution is -2.48. The Bertz CT molecular complexity index is 874. The third-order valence-electron chi connectivity index (χ3n) is 5.46. The van der Waals surface area contributed by atoms with Crippen molar-refractivity contribution in [3.63, 3.8) is 0 Å². The van der Waals surface area contributed by atoms with Crippen LogP contribution in [0.25, 0.3) is 0 Å². The highest BCUT2D eigenvalue weighted by Gasteiger charge is 2.39. The molecule has 6 nitrogen and oxygen atoms in total. The third kappa shape index (κ3) is 7.52. The SMILES string of the molecule is C=C(Cl)SC(=C)C(=O)NC1(C=O)CCC(=O)C1.CNc1ccc2c(c1)CCN(C)CC2. The van der Waals surface area contributed by atoms with Gasteiger partial charge in [-0.15, -0.1) is 0 Å². The first kappa shape index (κ1) is 25.2. The highest BCUT2D eigenvalue weighted by molar-refractivity contribution is 8.08. The Balaban J connectivity index is 0.000000224. The van der Waals surface area contributed by atoms with Crippen molar-refractivity contribution in [2.45, 2.75) is 37.6 Å². The lowest BCUT2D eigenvalue weighted by molar-refractivity contribution is -0.124. The second-order valence-electron chi connectivity index (χ2n) is 7.86. The molecule has 0 spiro atoms. The lowest BCUT2D eigenvalue weighted by atomic mass is 10.00. The van der Waals surface area contributed by atoms with Crippen molar-refractivity contribution in [1.29, 1.82) is 0 Å². The number of likely N-dealkylation sites (N-methyl/N-ethyl adjacent to an activating group) is 1. The van der Waals surface area contributed by atoms with Crippen LogP contribution in [0.5, 0.6) is 0 Å². The number of aldehydes is 1. The molecule has 1 aromatic carbocycles. The maximum absolute atomic E-state index is 11.7. The smallest absolute Gasteiger partial charge is 0.258 e. The number of nitrogens with zero attached hydrogens (tertiary/aromatic N) is 1. The van der Waals surface area contributed by atoms with Crippen molar-refractivity contribution < 1.29 is 14.4 Å². The van der Waals surface area contributed by atoms with Crippen LogP contribution in [-0.4, -0.2) is 55.6 Å². The van der Waals surface area contributed by atoms with E-state index >= 15 is 0 Å². The van der Waals surface area contributed by atoms with Crippen LogP contribution in [0.1, 0.15) is 30.4 Å². The molecule has 1 aliphatic heterocycles. The molecule has 0 saturated heterocycles. The van der Waals surface area contributed by atoms with E-state index in [4.69, 9.17) is 11.6 Å². The highest BCUT2D eigenvalue weighted by Crippen LogP contribution is 2.29. The molecule has 2 aliphatic rings. The molecule has 1 amide bonds. The van der Waals surface area contributed by atoms with Crippen LogP contribution in [0.4, 0.5) is 5.69 Å². The van der Waals surface area contributed by atoms with E-state index in [1.807, 2.05) is 7.05 Å². The molecule has 0 aromatic heterocycles. The average molecular weight is 464 g/mol. The van der Waals surface area contributed by atoms with Gasteiger partial charge in [0.1, 0.15) is 17.6 Å². The molecule has 1 fully saturated rings. The molecule has 0 bridgehead atoms. The van der Waals surface area contributed by atoms with Gasteiger partial charge < -0.3 is 20.3 Å². The zero-order valence-electron chi connectivity index (χ0n) is 18.1. The normalized spacial score (nSPS) is 20.5. The molecule has 168 valence electrons. The summed E-state index contributed by atoms with van der Waals surface area (Å²) < 4.78 is 0.216. The molecule has 3 rings (SSSR count). The minimum Gasteiger partial charge on any atom is -0.388 e. The van der Waals surface area contributed by atoms with Gasteiger partial charge >= 0.3 is 0 Å². The molecule has 31 heavy (non-hydrogen) atoms. The predicted molar refractivity (Wildman–Crippen MR) is 128 cm³/mol. The van der Waals surface area contributed by atoms with E-state index in [9.17, 15) is 14.4 Å². The summed E-state index contributed by atoms with van der Waals surface area (Å²) in [4.78, 5) is 36.4. The molecule has 1 aliphatic carbocycles. The van der Waals surface area contributed by atoms with Gasteiger partial charge in [-0.2, -0.15) is 0 Å². The number of benzene rings is 1. The summed E-state index contributed by atoms with van der Waals surface area (Å²) in [6.07, 6.45) is 3.67. The number of amides is 1. The Morgan fingerprint density at radius 2 is 1.90 bits per heavy atom. The quantitative estimate of drug-likeness (QED) is 0.496. The summed E-state index contributed by atoms with van der Waals surface area (Å²) in [7, 11) is 4.18. The molecule has 1 saturated carbocycles. The lowest BCUT2D eigenvalue weighted by Gasteiger charge is -2.22. The summed E-state index contributed by atoms with van der Waals surface area (Å²) in [6.45, 7) is 9.32. The van der Waals surface area contributed by atoms with Gasteiger partial charge in [0, 0.05) is 38.7 Å². The highest BCUT2D eigenvalue weighted by atomic mass is 35.5. The monoisotopic (exact) mass is 463 g/mol. The van der Waals surface area contributed by atoms with Crippen LogP contribution in [0.2, 0.25) is 0 Å². The topological polar surface area (TPSA) is 78.5 Å². The number of carbonyl (C=O) groups is 3. The van der Waals surface area contributed by atoms with Gasteiger partial charge in [-0.3, -0.25) is 9.59 Å². The van der Waals surface area contributed by atoms with Gasteiger partial charge in [0.2, 0.25) is 0 Å². The van der Waals surface area contributed by atoms with Gasteiger partial charge in [0.05, 0.1) is 9.27 Å². The van der Waals surface area contributed by atoms with Crippen molar-refractivity contribution >= 4 is 47.0 Å². The molecule has 1 aromatic rings. The standard InChI is InChI=1S/C12H18N2.C11H12ClNO3S/c1-13-12-4-3-10-5-7-14(2)8-6-11(10)9-12;1-7(17-8(2)12)10(16)13-11(6-14)4-3-9(15)5-11/h3-4,9,13H,5-8H2,1-2H3;6H,1-5H2,(H,13,16). The van der Waals surface area contributed by atoms with E-state index in [-0.39, 0.29) is 21.5 Å². The number of anilines is 1. The van der Waals surface area contributed by atoms with Crippen LogP contribution in [-0.2, 0) is 27.2 Å². The fourth-order valence-electron chi connectivity index (χ4n) is 3.60. The average Bonchev–Trinajstić information content (AvgIpc) is 3.00. The van der Waals surface area contributed by atoms with Crippen molar-refractivity contribution in [2.24, 2.45) is 0 Å². The summed E-state index contributed by atoms with van der Waals surface area (Å²) in [6, 6.07) is 6.72. The number of nitrogens with one attached hydrogen (secondary N) is 2. The van der Waals surface area contributed by atoms with Crippen LogP contribution < -0.4 is 10.6 Å². The first-order chi connectivity index (χ1) is 14.7. The zero-order valence-corrected chi connectivity index (χ0v) is 19.7. The zero-order chi connectivity index (χ0) is 23.0. The van der Waals surface area contributed by atoms with Gasteiger partial charge in [0.25, 0.3) is 5.91 Å². The van der Waals surface area contributed by atoms with Crippen molar-refractivity contribution in [2.75, 3.05) is 32.5 Å². The Morgan fingerprint density at radius 1 is 1.23 bits per heavy atom. The molecule has 1 heterocycles. The first-order valence-corrected chi connectivity index (χ1v) is 11.4. The second kappa shape index (κ2) is 11.5. The van der Waals surface area contributed by atoms with Crippen molar-refractivity contribution in [3.8, 4) is 0 Å². The van der Waals surface area contributed by atoms with Crippen molar-refractivity contribution in [1.82, 2.24) is 10.2 Å². The van der Waals surface area contributed by atoms with E-state index < -0.39 is 11.4 Å². The van der Waals surface area contributed by atoms with E-state index in [2.05, 4.69) is 53.9 Å². The number of hydrogen-bond acceptors (Lipinski definition) is 6. The number of halogens is 1. The number of ketones is 1. The van der Waals surface area contributed by atoms with Crippen LogP contribution in [0, 0.1) is 0 Å². The van der Waals surface area contributed by atoms with Gasteiger partial charge in [0.15, 0.2) is 0 Å². The molecular weight excluding hydrogens is 434 g/mol. The van der Waals surface area contributed by atoms with Gasteiger partial charge in [-0.05, 0) is 49.6 Å². The largest absolute Gasteiger partial charge is 0.388 e. The van der Waals surface area contributed by atoms with E-state index in [0.717, 1.165) is 11.8 Å². The number of carbonyl (C=O) groups excluding carboxylic acids is 3. The number of thioether (sulfide) groups is 1. The Hall–Kier alpha value is -2.09. The minimum absolute atomic E-state index is 0.0302. The second-order valence-corrected chi connectivity index (χ2v) is 9.73. The fraction of sp³-hybridized carbons (Fsp3) is 0.435. The summed E-state index contributed by atoms with van der Waals surface area (Å²) >= 11 is 6.45. The van der Waals surface area contributed by atoms with E-state index in [1.54, 1.807) is 0 Å². The molecule has 1 atom stereocenters. The number of rotatable bonds is 6. The van der Waals surface area contributed by atoms with Crippen LogP contribution in [0.15, 0.2) is 40.6 Å². The summed E-state index contributed by atoms with van der Waals surface area (Å²) in [5.74, 6) is -0.531. The van der Waals surface area contributed by atoms with E-state index in [0.29, 0.717) is 19.1 Å². The summed E-state index contributed by atoms with van der Waals surface area (Å²) in [5.41, 5.74) is 3.19. The number of fused-ring (bicyclic) bond motifs is 1. The number of hydrogen-bond donors (Lipinski definition) is 2. The number of Topliss-reactive ketones (excluding diaryl/α,β-unsaturated/α-hetero) is 1. The fourth-order valence-corrected chi connectivity index (χ4v) is 4.29. The van der Waals surface area contributed by atoms with Crippen LogP contribution in [0.3, 0.4) is 0 Å². The Kier molecular flexibility index (Phi) is 9.34. The molecule has 0 radical (unpaired) electrons. The molecule has 8 heteroatoms. The molecule has 1 unspecified atom stereocenters. The van der Waals surface area contributed by atoms with Crippen LogP contribution >= 0.6 is 23.4 Å². The Morgan fingerprint density at radius 3 is 2.45 bits per heavy atom. The first-order valence-electron chi connectivity index (χ1n) is 10.2. The predicted octanol–water partition coefficient (Wildman–Crippen LogP) is 3.51. The molecule has 2 N–H and O–H groups in total. The molecular formula is C23H30ClN3O3S. The van der Waals surface area contributed by atoms with E-state index in [1.165, 1.54) is 42.7 Å². The maximum atomic E-state index is 11.7. The Labute approximate surface area is 193 Å². The third-order valence-corrected chi connectivity index (χ3v) is 6.34. The van der Waals surface area contributed by atoms with Crippen molar-refractivity contribution in [3.05, 3.63) is 51.8 Å². The van der Waals surface area contributed by atoms with Gasteiger partial charge in [-0.25, -0.2) is 0 Å². The maximum Gasteiger partial charge on any atom is 0.258 e. The van der Waals surface area contributed by atoms with Gasteiger partial charge in [-0.1, -0.05) is 42.6 Å².